The van der Waals surface area contributed by atoms with E-state index in [-0.39, 0.29) is 11.4 Å². The molecule has 112 valence electrons. The zero-order valence-corrected chi connectivity index (χ0v) is 12.5. The van der Waals surface area contributed by atoms with E-state index >= 15 is 0 Å². The lowest BCUT2D eigenvalue weighted by molar-refractivity contribution is 0.332. The highest BCUT2D eigenvalue weighted by atomic mass is 32.2. The van der Waals surface area contributed by atoms with Gasteiger partial charge in [0.25, 0.3) is 0 Å². The van der Waals surface area contributed by atoms with Crippen LogP contribution in [0, 0.1) is 0 Å². The number of aromatic nitrogens is 3. The standard InChI is InChI=1S/C13H16N4O3S/c1-2-20-11-4-3-5-12(8-11)21(18,19)17-7-6-16-10-14-15-13(16)9-17/h3-5,8,10H,2,6-7,9H2,1H3. The first kappa shape index (κ1) is 14.0. The molecule has 2 aromatic rings. The Morgan fingerprint density at radius 1 is 1.33 bits per heavy atom. The molecule has 0 spiro atoms. The molecular weight excluding hydrogens is 292 g/mol. The summed E-state index contributed by atoms with van der Waals surface area (Å²) >= 11 is 0. The Bertz CT molecular complexity index is 741. The second-order valence-corrected chi connectivity index (χ2v) is 6.62. The second-order valence-electron chi connectivity index (χ2n) is 4.69. The molecule has 8 heteroatoms. The molecule has 0 radical (unpaired) electrons. The second kappa shape index (κ2) is 5.45. The number of hydrogen-bond donors (Lipinski definition) is 0. The van der Waals surface area contributed by atoms with Crippen molar-refractivity contribution >= 4 is 10.0 Å². The first-order valence-electron chi connectivity index (χ1n) is 6.71. The molecule has 0 aliphatic carbocycles. The Hall–Kier alpha value is -1.93. The summed E-state index contributed by atoms with van der Waals surface area (Å²) < 4.78 is 34.0. The molecular formula is C13H16N4O3S. The van der Waals surface area contributed by atoms with Crippen LogP contribution < -0.4 is 4.74 Å². The third-order valence-electron chi connectivity index (χ3n) is 3.36. The predicted octanol–water partition coefficient (Wildman–Crippen LogP) is 0.881. The molecule has 0 saturated heterocycles. The molecule has 0 amide bonds. The highest BCUT2D eigenvalue weighted by molar-refractivity contribution is 7.89. The summed E-state index contributed by atoms with van der Waals surface area (Å²) in [4.78, 5) is 0.237. The molecule has 21 heavy (non-hydrogen) atoms. The molecule has 1 aliphatic rings. The number of nitrogens with zero attached hydrogens (tertiary/aromatic N) is 4. The fourth-order valence-electron chi connectivity index (χ4n) is 2.29. The van der Waals surface area contributed by atoms with Crippen molar-refractivity contribution in [2.45, 2.75) is 24.9 Å². The van der Waals surface area contributed by atoms with E-state index < -0.39 is 10.0 Å². The van der Waals surface area contributed by atoms with Crippen LogP contribution in [0.15, 0.2) is 35.5 Å². The van der Waals surface area contributed by atoms with Gasteiger partial charge in [-0.1, -0.05) is 6.07 Å². The van der Waals surface area contributed by atoms with Crippen LogP contribution in [0.1, 0.15) is 12.7 Å². The van der Waals surface area contributed by atoms with Crippen molar-refractivity contribution in [2.24, 2.45) is 0 Å². The number of sulfonamides is 1. The van der Waals surface area contributed by atoms with E-state index in [0.717, 1.165) is 0 Å². The molecule has 0 fully saturated rings. The monoisotopic (exact) mass is 308 g/mol. The van der Waals surface area contributed by atoms with Gasteiger partial charge in [-0.3, -0.25) is 0 Å². The Kier molecular flexibility index (Phi) is 3.64. The first-order valence-corrected chi connectivity index (χ1v) is 8.15. The zero-order valence-electron chi connectivity index (χ0n) is 11.6. The fraction of sp³-hybridized carbons (Fsp3) is 0.385. The molecule has 0 unspecified atom stereocenters. The van der Waals surface area contributed by atoms with Crippen LogP contribution in [0.5, 0.6) is 5.75 Å². The molecule has 1 aromatic carbocycles. The fourth-order valence-corrected chi connectivity index (χ4v) is 3.71. The number of rotatable bonds is 4. The van der Waals surface area contributed by atoms with Gasteiger partial charge in [-0.25, -0.2) is 8.42 Å². The van der Waals surface area contributed by atoms with E-state index in [9.17, 15) is 8.42 Å². The topological polar surface area (TPSA) is 77.3 Å². The van der Waals surface area contributed by atoms with Crippen LogP contribution in [0.3, 0.4) is 0 Å². The smallest absolute Gasteiger partial charge is 0.243 e. The summed E-state index contributed by atoms with van der Waals surface area (Å²) in [5.74, 6) is 1.21. The van der Waals surface area contributed by atoms with E-state index in [1.807, 2.05) is 11.5 Å². The van der Waals surface area contributed by atoms with Crippen molar-refractivity contribution in [1.29, 1.82) is 0 Å². The third-order valence-corrected chi connectivity index (χ3v) is 5.20. The van der Waals surface area contributed by atoms with Gasteiger partial charge < -0.3 is 9.30 Å². The average molecular weight is 308 g/mol. The Balaban J connectivity index is 1.89. The average Bonchev–Trinajstić information content (AvgIpc) is 2.95. The van der Waals surface area contributed by atoms with Gasteiger partial charge in [-0.05, 0) is 19.1 Å². The summed E-state index contributed by atoms with van der Waals surface area (Å²) in [6, 6.07) is 6.56. The molecule has 0 saturated carbocycles. The zero-order chi connectivity index (χ0) is 14.9. The molecule has 1 aliphatic heterocycles. The van der Waals surface area contributed by atoms with Crippen molar-refractivity contribution < 1.29 is 13.2 Å². The van der Waals surface area contributed by atoms with Gasteiger partial charge in [0.15, 0.2) is 0 Å². The summed E-state index contributed by atoms with van der Waals surface area (Å²) in [7, 11) is -3.55. The van der Waals surface area contributed by atoms with Gasteiger partial charge in [-0.2, -0.15) is 4.31 Å². The minimum Gasteiger partial charge on any atom is -0.494 e. The minimum atomic E-state index is -3.55. The minimum absolute atomic E-state index is 0.237. The Morgan fingerprint density at radius 3 is 3.00 bits per heavy atom. The van der Waals surface area contributed by atoms with Crippen LogP contribution in [-0.2, 0) is 23.1 Å². The van der Waals surface area contributed by atoms with Gasteiger partial charge in [0.1, 0.15) is 17.9 Å². The summed E-state index contributed by atoms with van der Waals surface area (Å²) in [6.45, 7) is 3.56. The normalized spacial score (nSPS) is 15.7. The summed E-state index contributed by atoms with van der Waals surface area (Å²) in [5.41, 5.74) is 0. The molecule has 1 aromatic heterocycles. The molecule has 3 rings (SSSR count). The molecule has 0 bridgehead atoms. The van der Waals surface area contributed by atoms with Crippen LogP contribution in [-0.4, -0.2) is 40.6 Å². The lowest BCUT2D eigenvalue weighted by Crippen LogP contribution is -2.38. The van der Waals surface area contributed by atoms with Crippen molar-refractivity contribution in [1.82, 2.24) is 19.1 Å². The molecule has 7 nitrogen and oxygen atoms in total. The van der Waals surface area contributed by atoms with Crippen LogP contribution >= 0.6 is 0 Å². The van der Waals surface area contributed by atoms with Gasteiger partial charge in [0.05, 0.1) is 18.0 Å². The van der Waals surface area contributed by atoms with Crippen LogP contribution in [0.2, 0.25) is 0 Å². The largest absolute Gasteiger partial charge is 0.494 e. The number of ether oxygens (including phenoxy) is 1. The Morgan fingerprint density at radius 2 is 2.19 bits per heavy atom. The van der Waals surface area contributed by atoms with Gasteiger partial charge in [0, 0.05) is 19.2 Å². The quantitative estimate of drug-likeness (QED) is 0.838. The summed E-state index contributed by atoms with van der Waals surface area (Å²) in [6.07, 6.45) is 1.62. The van der Waals surface area contributed by atoms with Crippen molar-refractivity contribution in [3.63, 3.8) is 0 Å². The maximum absolute atomic E-state index is 12.7. The first-order chi connectivity index (χ1) is 10.1. The Labute approximate surface area is 123 Å². The molecule has 0 N–H and O–H groups in total. The lowest BCUT2D eigenvalue weighted by Gasteiger charge is -2.26. The van der Waals surface area contributed by atoms with E-state index in [2.05, 4.69) is 10.2 Å². The lowest BCUT2D eigenvalue weighted by atomic mass is 10.3. The van der Waals surface area contributed by atoms with Gasteiger partial charge >= 0.3 is 0 Å². The van der Waals surface area contributed by atoms with Gasteiger partial charge in [0.2, 0.25) is 10.0 Å². The number of hydrogen-bond acceptors (Lipinski definition) is 5. The van der Waals surface area contributed by atoms with E-state index in [1.165, 1.54) is 4.31 Å². The predicted molar refractivity (Wildman–Crippen MR) is 75.2 cm³/mol. The van der Waals surface area contributed by atoms with E-state index in [0.29, 0.717) is 31.3 Å². The highest BCUT2D eigenvalue weighted by Gasteiger charge is 2.29. The highest BCUT2D eigenvalue weighted by Crippen LogP contribution is 2.23. The van der Waals surface area contributed by atoms with Gasteiger partial charge in [-0.15, -0.1) is 10.2 Å². The van der Waals surface area contributed by atoms with E-state index in [4.69, 9.17) is 4.74 Å². The number of fused-ring (bicyclic) bond motifs is 1. The molecule has 2 heterocycles. The van der Waals surface area contributed by atoms with E-state index in [1.54, 1.807) is 30.6 Å². The summed E-state index contributed by atoms with van der Waals surface area (Å²) in [5, 5.41) is 7.75. The molecule has 0 atom stereocenters. The SMILES string of the molecule is CCOc1cccc(S(=O)(=O)N2CCn3cnnc3C2)c1. The maximum Gasteiger partial charge on any atom is 0.243 e. The third kappa shape index (κ3) is 2.64. The maximum atomic E-state index is 12.7. The van der Waals surface area contributed by atoms with Crippen LogP contribution in [0.4, 0.5) is 0 Å². The van der Waals surface area contributed by atoms with Crippen molar-refractivity contribution in [2.75, 3.05) is 13.2 Å². The van der Waals surface area contributed by atoms with Crippen molar-refractivity contribution in [3.05, 3.63) is 36.4 Å². The van der Waals surface area contributed by atoms with Crippen LogP contribution in [0.25, 0.3) is 0 Å². The van der Waals surface area contributed by atoms with Crippen molar-refractivity contribution in [3.8, 4) is 5.75 Å². The number of benzene rings is 1.